The van der Waals surface area contributed by atoms with Gasteiger partial charge in [-0.1, -0.05) is 39.2 Å². The van der Waals surface area contributed by atoms with Crippen LogP contribution in [0.3, 0.4) is 0 Å². The van der Waals surface area contributed by atoms with Gasteiger partial charge in [0.25, 0.3) is 0 Å². The van der Waals surface area contributed by atoms with Crippen LogP contribution in [0.4, 0.5) is 0 Å². The summed E-state index contributed by atoms with van der Waals surface area (Å²) in [6.07, 6.45) is 18.4. The molecule has 0 aromatic carbocycles. The second-order valence-corrected chi connectivity index (χ2v) is 6.65. The van der Waals surface area contributed by atoms with Gasteiger partial charge in [0, 0.05) is 0 Å². The third-order valence-electron chi connectivity index (χ3n) is 5.41. The normalized spacial score (nSPS) is 36.5. The Labute approximate surface area is 119 Å². The van der Waals surface area contributed by atoms with Crippen LogP contribution in [0.25, 0.3) is 0 Å². The molecule has 1 heteroatoms. The van der Waals surface area contributed by atoms with Crippen LogP contribution in [0.2, 0.25) is 0 Å². The molecule has 2 atom stereocenters. The smallest absolute Gasteiger partial charge is 0.0981 e. The lowest BCUT2D eigenvalue weighted by Crippen LogP contribution is -2.29. The molecule has 0 amide bonds. The van der Waals surface area contributed by atoms with Crippen molar-refractivity contribution in [2.75, 3.05) is 0 Å². The van der Waals surface area contributed by atoms with Crippen LogP contribution >= 0.6 is 0 Å². The lowest BCUT2D eigenvalue weighted by atomic mass is 9.70. The van der Waals surface area contributed by atoms with Gasteiger partial charge < -0.3 is 4.74 Å². The summed E-state index contributed by atoms with van der Waals surface area (Å²) in [5.41, 5.74) is 0. The van der Waals surface area contributed by atoms with Crippen LogP contribution < -0.4 is 0 Å². The molecule has 0 bridgehead atoms. The Bertz CT molecular complexity index is 263. The Balaban J connectivity index is 1.76. The molecule has 0 aromatic heterocycles. The average molecular weight is 264 g/mol. The Morgan fingerprint density at radius 3 is 2.42 bits per heavy atom. The van der Waals surface area contributed by atoms with Crippen molar-refractivity contribution in [1.82, 2.24) is 0 Å². The van der Waals surface area contributed by atoms with E-state index >= 15 is 0 Å². The summed E-state index contributed by atoms with van der Waals surface area (Å²) in [6.45, 7) is 4.52. The van der Waals surface area contributed by atoms with Crippen molar-refractivity contribution in [2.24, 2.45) is 17.8 Å². The van der Waals surface area contributed by atoms with Gasteiger partial charge in [-0.2, -0.15) is 0 Å². The number of allylic oxidation sites excluding steroid dienone is 1. The molecule has 0 aromatic rings. The van der Waals surface area contributed by atoms with Gasteiger partial charge in [0.15, 0.2) is 0 Å². The Morgan fingerprint density at radius 1 is 0.947 bits per heavy atom. The summed E-state index contributed by atoms with van der Waals surface area (Å²) >= 11 is 0. The molecule has 2 rings (SSSR count). The molecule has 0 N–H and O–H groups in total. The fourth-order valence-electron chi connectivity index (χ4n) is 4.06. The predicted octanol–water partition coefficient (Wildman–Crippen LogP) is 5.70. The van der Waals surface area contributed by atoms with E-state index in [-0.39, 0.29) is 0 Å². The third-order valence-corrected chi connectivity index (χ3v) is 5.41. The minimum absolute atomic E-state index is 0.505. The molecule has 0 heterocycles. The van der Waals surface area contributed by atoms with E-state index in [0.717, 1.165) is 24.2 Å². The van der Waals surface area contributed by atoms with E-state index in [9.17, 15) is 0 Å². The topological polar surface area (TPSA) is 9.23 Å². The van der Waals surface area contributed by atoms with E-state index in [0.29, 0.717) is 6.10 Å². The van der Waals surface area contributed by atoms with Crippen LogP contribution in [0.1, 0.15) is 78.1 Å². The molecule has 0 saturated heterocycles. The van der Waals surface area contributed by atoms with Crippen molar-refractivity contribution < 1.29 is 4.74 Å². The van der Waals surface area contributed by atoms with Crippen molar-refractivity contribution in [3.8, 4) is 0 Å². The summed E-state index contributed by atoms with van der Waals surface area (Å²) in [6, 6.07) is 0. The van der Waals surface area contributed by atoms with Crippen molar-refractivity contribution in [2.45, 2.75) is 84.2 Å². The maximum absolute atomic E-state index is 5.91. The predicted molar refractivity (Wildman–Crippen MR) is 82.0 cm³/mol. The first kappa shape index (κ1) is 14.9. The molecule has 0 unspecified atom stereocenters. The summed E-state index contributed by atoms with van der Waals surface area (Å²) in [4.78, 5) is 0. The highest BCUT2D eigenvalue weighted by molar-refractivity contribution is 4.84. The maximum Gasteiger partial charge on any atom is 0.0981 e. The fraction of sp³-hybridized carbons (Fsp3) is 0.889. The first-order valence-corrected chi connectivity index (χ1v) is 8.63. The van der Waals surface area contributed by atoms with E-state index in [1.54, 1.807) is 0 Å². The maximum atomic E-state index is 5.91. The highest BCUT2D eigenvalue weighted by Gasteiger charge is 2.31. The minimum atomic E-state index is 0.505. The molecule has 0 spiro atoms. The Kier molecular flexibility index (Phi) is 6.26. The highest BCUT2D eigenvalue weighted by Crippen LogP contribution is 2.41. The van der Waals surface area contributed by atoms with Crippen molar-refractivity contribution >= 4 is 0 Å². The highest BCUT2D eigenvalue weighted by atomic mass is 16.5. The zero-order valence-corrected chi connectivity index (χ0v) is 12.9. The van der Waals surface area contributed by atoms with Gasteiger partial charge in [0.05, 0.1) is 12.4 Å². The van der Waals surface area contributed by atoms with Crippen molar-refractivity contribution in [3.05, 3.63) is 12.3 Å². The largest absolute Gasteiger partial charge is 0.498 e. The summed E-state index contributed by atoms with van der Waals surface area (Å²) < 4.78 is 5.91. The van der Waals surface area contributed by atoms with Crippen LogP contribution in [0.15, 0.2) is 12.3 Å². The summed E-state index contributed by atoms with van der Waals surface area (Å²) in [5.74, 6) is 2.98. The SMILES string of the molecule is CCC=CO[C@@H]1CCC[C@@H]([C@H]2CC[C@H](CC)CC2)C1. The number of hydrogen-bond donors (Lipinski definition) is 0. The molecule has 0 aliphatic heterocycles. The van der Waals surface area contributed by atoms with Crippen LogP contribution in [0.5, 0.6) is 0 Å². The number of rotatable bonds is 5. The Morgan fingerprint density at radius 2 is 1.74 bits per heavy atom. The molecule has 2 fully saturated rings. The fourth-order valence-corrected chi connectivity index (χ4v) is 4.06. The van der Waals surface area contributed by atoms with Gasteiger partial charge >= 0.3 is 0 Å². The molecule has 2 saturated carbocycles. The van der Waals surface area contributed by atoms with E-state index in [4.69, 9.17) is 4.74 Å². The zero-order chi connectivity index (χ0) is 13.5. The molecule has 2 aliphatic carbocycles. The van der Waals surface area contributed by atoms with Gasteiger partial charge in [-0.15, -0.1) is 0 Å². The van der Waals surface area contributed by atoms with Crippen LogP contribution in [-0.2, 0) is 4.74 Å². The second-order valence-electron chi connectivity index (χ2n) is 6.65. The molecule has 110 valence electrons. The lowest BCUT2D eigenvalue weighted by molar-refractivity contribution is 0.0513. The lowest BCUT2D eigenvalue weighted by Gasteiger charge is -2.38. The van der Waals surface area contributed by atoms with E-state index < -0.39 is 0 Å². The summed E-state index contributed by atoms with van der Waals surface area (Å²) in [7, 11) is 0. The summed E-state index contributed by atoms with van der Waals surface area (Å²) in [5, 5.41) is 0. The number of hydrogen-bond acceptors (Lipinski definition) is 1. The average Bonchev–Trinajstić information content (AvgIpc) is 2.48. The first-order chi connectivity index (χ1) is 9.33. The van der Waals surface area contributed by atoms with Gasteiger partial charge in [0.2, 0.25) is 0 Å². The number of ether oxygens (including phenoxy) is 1. The Hall–Kier alpha value is -0.460. The molecular weight excluding hydrogens is 232 g/mol. The molecule has 19 heavy (non-hydrogen) atoms. The van der Waals surface area contributed by atoms with Crippen LogP contribution in [-0.4, -0.2) is 6.10 Å². The second kappa shape index (κ2) is 7.97. The van der Waals surface area contributed by atoms with Gasteiger partial charge in [-0.05, 0) is 62.7 Å². The molecule has 1 nitrogen and oxygen atoms in total. The molecule has 0 radical (unpaired) electrons. The molecular formula is C18H32O. The first-order valence-electron chi connectivity index (χ1n) is 8.63. The van der Waals surface area contributed by atoms with E-state index in [1.807, 2.05) is 6.26 Å². The standard InChI is InChI=1S/C18H32O/c1-3-5-13-19-18-8-6-7-17(14-18)16-11-9-15(4-2)10-12-16/h5,13,15-18H,3-4,6-12,14H2,1-2H3/t15-,16-,17-,18-/m1/s1. The van der Waals surface area contributed by atoms with Crippen LogP contribution in [0, 0.1) is 17.8 Å². The van der Waals surface area contributed by atoms with Crippen molar-refractivity contribution in [1.29, 1.82) is 0 Å². The monoisotopic (exact) mass is 264 g/mol. The van der Waals surface area contributed by atoms with Gasteiger partial charge in [-0.3, -0.25) is 0 Å². The van der Waals surface area contributed by atoms with Gasteiger partial charge in [0.1, 0.15) is 0 Å². The van der Waals surface area contributed by atoms with Gasteiger partial charge in [-0.25, -0.2) is 0 Å². The van der Waals surface area contributed by atoms with E-state index in [1.165, 1.54) is 57.8 Å². The quantitative estimate of drug-likeness (QED) is 0.579. The van der Waals surface area contributed by atoms with Crippen molar-refractivity contribution in [3.63, 3.8) is 0 Å². The third kappa shape index (κ3) is 4.54. The minimum Gasteiger partial charge on any atom is -0.498 e. The zero-order valence-electron chi connectivity index (χ0n) is 12.9. The molecule has 2 aliphatic rings. The van der Waals surface area contributed by atoms with E-state index in [2.05, 4.69) is 19.9 Å².